The van der Waals surface area contributed by atoms with Crippen LogP contribution in [-0.2, 0) is 5.16 Å². The first-order valence-corrected chi connectivity index (χ1v) is 15.4. The van der Waals surface area contributed by atoms with Crippen LogP contribution in [0.3, 0.4) is 0 Å². The van der Waals surface area contributed by atoms with Crippen LogP contribution < -0.4 is 20.8 Å². The van der Waals surface area contributed by atoms with Gasteiger partial charge >= 0.3 is 0 Å². The van der Waals surface area contributed by atoms with Crippen molar-refractivity contribution in [2.75, 3.05) is 7.11 Å². The van der Waals surface area contributed by atoms with Crippen LogP contribution in [-0.4, -0.2) is 32.9 Å². The van der Waals surface area contributed by atoms with Gasteiger partial charge in [-0.2, -0.15) is 0 Å². The maximum absolute atomic E-state index is 5.47. The molecule has 0 atom stereocenters. The van der Waals surface area contributed by atoms with Crippen LogP contribution in [0.2, 0.25) is 6.82 Å². The van der Waals surface area contributed by atoms with Gasteiger partial charge in [-0.25, -0.2) is 4.98 Å². The van der Waals surface area contributed by atoms with E-state index >= 15 is 0 Å². The maximum Gasteiger partial charge on any atom is 0.206 e. The minimum Gasteiger partial charge on any atom is -0.497 e. The molecule has 0 saturated heterocycles. The average molecular weight is 551 g/mol. The van der Waals surface area contributed by atoms with Gasteiger partial charge in [0.1, 0.15) is 5.75 Å². The Kier molecular flexibility index (Phi) is 9.30. The summed E-state index contributed by atoms with van der Waals surface area (Å²) in [7, 11) is 0.863. The van der Waals surface area contributed by atoms with Crippen molar-refractivity contribution in [3.05, 3.63) is 175 Å². The molecular weight excluding hydrogens is 515 g/mol. The van der Waals surface area contributed by atoms with Crippen molar-refractivity contribution in [1.82, 2.24) is 9.55 Å². The van der Waals surface area contributed by atoms with Crippen molar-refractivity contribution in [3.63, 3.8) is 0 Å². The van der Waals surface area contributed by atoms with E-state index in [1.165, 1.54) is 27.2 Å². The lowest BCUT2D eigenvalue weighted by Crippen LogP contribution is -2.46. The molecule has 0 amide bonds. The highest BCUT2D eigenvalue weighted by Crippen LogP contribution is 2.33. The summed E-state index contributed by atoms with van der Waals surface area (Å²) in [5.41, 5.74) is 5.31. The van der Waals surface area contributed by atoms with Gasteiger partial charge in [0.15, 0.2) is 0 Å². The second-order valence-electron chi connectivity index (χ2n) is 10.1. The quantitative estimate of drug-likeness (QED) is 0.248. The van der Waals surface area contributed by atoms with Crippen LogP contribution >= 0.6 is 0 Å². The van der Waals surface area contributed by atoms with Crippen molar-refractivity contribution in [2.24, 2.45) is 0 Å². The Balaban J connectivity index is 0.000000202. The van der Waals surface area contributed by atoms with Gasteiger partial charge in [-0.1, -0.05) is 156 Å². The van der Waals surface area contributed by atoms with Crippen molar-refractivity contribution < 1.29 is 4.74 Å². The first-order valence-electron chi connectivity index (χ1n) is 14.0. The fraction of sp³-hybridized carbons (Fsp3) is 0.0833. The second-order valence-corrected chi connectivity index (χ2v) is 12.3. The van der Waals surface area contributed by atoms with Crippen molar-refractivity contribution in [3.8, 4) is 5.75 Å². The molecule has 3 nitrogen and oxygen atoms in total. The zero-order valence-corrected chi connectivity index (χ0v) is 25.1. The van der Waals surface area contributed by atoms with Crippen LogP contribution in [0.5, 0.6) is 5.75 Å². The molecule has 6 rings (SSSR count). The fourth-order valence-corrected chi connectivity index (χ4v) is 7.82. The van der Waals surface area contributed by atoms with Gasteiger partial charge in [0.2, 0.25) is 6.71 Å². The molecule has 0 saturated carbocycles. The number of aromatic nitrogens is 2. The molecule has 0 radical (unpaired) electrons. The molecule has 0 aliphatic heterocycles. The number of hydrogen-bond donors (Lipinski definition) is 0. The highest BCUT2D eigenvalue weighted by Gasteiger charge is 2.36. The van der Waals surface area contributed by atoms with Gasteiger partial charge in [-0.3, -0.25) is 0 Å². The van der Waals surface area contributed by atoms with Gasteiger partial charge in [0.25, 0.3) is 0 Å². The number of ether oxygens (including phenoxy) is 1. The van der Waals surface area contributed by atoms with Crippen LogP contribution in [0.1, 0.15) is 11.1 Å². The molecule has 5 aromatic carbocycles. The molecule has 5 heteroatoms. The predicted molar refractivity (Wildman–Crippen MR) is 176 cm³/mol. The van der Waals surface area contributed by atoms with Crippen molar-refractivity contribution in [1.29, 1.82) is 0 Å². The molecular formula is C36H35BN2OSi. The van der Waals surface area contributed by atoms with E-state index in [0.717, 1.165) is 5.75 Å². The Hall–Kier alpha value is -4.61. The monoisotopic (exact) mass is 550 g/mol. The molecule has 0 unspecified atom stereocenters. The number of benzene rings is 5. The van der Waals surface area contributed by atoms with Crippen LogP contribution in [0, 0.1) is 0 Å². The smallest absolute Gasteiger partial charge is 0.206 e. The number of rotatable bonds is 8. The third kappa shape index (κ3) is 6.59. The van der Waals surface area contributed by atoms with Crippen molar-refractivity contribution in [2.45, 2.75) is 12.0 Å². The zero-order valence-electron chi connectivity index (χ0n) is 23.7. The van der Waals surface area contributed by atoms with E-state index in [1.54, 1.807) is 7.11 Å². The predicted octanol–water partition coefficient (Wildman–Crippen LogP) is 5.06. The molecule has 0 aliphatic carbocycles. The van der Waals surface area contributed by atoms with E-state index in [1.807, 2.05) is 18.6 Å². The highest BCUT2D eigenvalue weighted by molar-refractivity contribution is 6.84. The summed E-state index contributed by atoms with van der Waals surface area (Å²) in [4.78, 5) is 4.37. The summed E-state index contributed by atoms with van der Waals surface area (Å²) in [6, 6.07) is 51.1. The average Bonchev–Trinajstić information content (AvgIpc) is 3.61. The minimum absolute atomic E-state index is 0.259. The lowest BCUT2D eigenvalue weighted by Gasteiger charge is -2.37. The normalized spacial score (nSPS) is 11.1. The molecule has 0 bridgehead atoms. The van der Waals surface area contributed by atoms with Crippen LogP contribution in [0.15, 0.2) is 164 Å². The molecule has 0 aliphatic rings. The topological polar surface area (TPSA) is 27.1 Å². The second kappa shape index (κ2) is 13.6. The molecule has 202 valence electrons. The van der Waals surface area contributed by atoms with Crippen LogP contribution in [0.4, 0.5) is 0 Å². The van der Waals surface area contributed by atoms with Gasteiger partial charge < -0.3 is 9.30 Å². The van der Waals surface area contributed by atoms with Crippen molar-refractivity contribution >= 4 is 32.3 Å². The molecule has 0 fully saturated rings. The Morgan fingerprint density at radius 3 is 1.63 bits per heavy atom. The first kappa shape index (κ1) is 27.9. The molecule has 0 spiro atoms. The summed E-state index contributed by atoms with van der Waals surface area (Å²) >= 11 is 0. The maximum atomic E-state index is 5.47. The standard InChI is InChI=1S/C23H22N2OSi.C13H13B/c1-26-21-13-8-14-22(17-21)27-23(25-16-15-24-18-25,19-9-4-2-5-10-19)20-11-6-3-7-12-20;1-14(12-8-4-2-5-9-12)13-10-6-3-7-11-13/h2-18H,27H2,1H3;2-11H,1H3. The molecule has 1 aromatic heterocycles. The summed E-state index contributed by atoms with van der Waals surface area (Å²) in [6.45, 7) is 2.72. The van der Waals surface area contributed by atoms with E-state index in [0.29, 0.717) is 6.71 Å². The Morgan fingerprint density at radius 2 is 1.17 bits per heavy atom. The molecule has 41 heavy (non-hydrogen) atoms. The Morgan fingerprint density at radius 1 is 0.659 bits per heavy atom. The highest BCUT2D eigenvalue weighted by atomic mass is 28.2. The summed E-state index contributed by atoms with van der Waals surface area (Å²) in [6.07, 6.45) is 5.88. The number of nitrogens with zero attached hydrogens (tertiary/aromatic N) is 2. The summed E-state index contributed by atoms with van der Waals surface area (Å²) in [5.74, 6) is 0.903. The molecule has 0 N–H and O–H groups in total. The summed E-state index contributed by atoms with van der Waals surface area (Å²) in [5, 5.41) is 1.08. The number of hydrogen-bond acceptors (Lipinski definition) is 2. The van der Waals surface area contributed by atoms with Gasteiger partial charge in [-0.05, 0) is 23.3 Å². The number of methoxy groups -OCH3 is 1. The minimum atomic E-state index is -0.858. The van der Waals surface area contributed by atoms with E-state index in [4.69, 9.17) is 4.74 Å². The molecule has 1 heterocycles. The van der Waals surface area contributed by atoms with Gasteiger partial charge in [-0.15, -0.1) is 0 Å². The third-order valence-corrected chi connectivity index (χ3v) is 10.2. The van der Waals surface area contributed by atoms with Gasteiger partial charge in [0.05, 0.1) is 28.1 Å². The Bertz CT molecular complexity index is 1520. The summed E-state index contributed by atoms with van der Waals surface area (Å²) < 4.78 is 7.74. The lowest BCUT2D eigenvalue weighted by atomic mass is 9.43. The fourth-order valence-electron chi connectivity index (χ4n) is 5.43. The largest absolute Gasteiger partial charge is 0.497 e. The van der Waals surface area contributed by atoms with E-state index in [9.17, 15) is 0 Å². The molecule has 6 aromatic rings. The Labute approximate surface area is 246 Å². The SMILES string of the molecule is CB(c1ccccc1)c1ccccc1.COc1cccc([SiH2]C(c2ccccc2)(c2ccccc2)n2ccnc2)c1. The zero-order chi connectivity index (χ0) is 28.3. The van der Waals surface area contributed by atoms with E-state index in [2.05, 4.69) is 162 Å². The lowest BCUT2D eigenvalue weighted by molar-refractivity contribution is 0.415. The van der Waals surface area contributed by atoms with Gasteiger partial charge in [0, 0.05) is 12.4 Å². The number of imidazole rings is 1. The third-order valence-electron chi connectivity index (χ3n) is 7.64. The van der Waals surface area contributed by atoms with E-state index < -0.39 is 9.52 Å². The first-order chi connectivity index (χ1) is 20.2. The van der Waals surface area contributed by atoms with Crippen LogP contribution in [0.25, 0.3) is 0 Å². The van der Waals surface area contributed by atoms with E-state index in [-0.39, 0.29) is 5.16 Å².